The summed E-state index contributed by atoms with van der Waals surface area (Å²) in [5, 5.41) is 0. The van der Waals surface area contributed by atoms with Crippen LogP contribution in [-0.2, 0) is 0 Å². The zero-order valence-corrected chi connectivity index (χ0v) is 8.74. The molecule has 0 spiro atoms. The van der Waals surface area contributed by atoms with Gasteiger partial charge in [0.1, 0.15) is 12.5 Å². The Hall–Kier alpha value is -2.22. The molecule has 2 nitrogen and oxygen atoms in total. The van der Waals surface area contributed by atoms with E-state index in [1.807, 2.05) is 60.7 Å². The van der Waals surface area contributed by atoms with E-state index in [-0.39, 0.29) is 0 Å². The summed E-state index contributed by atoms with van der Waals surface area (Å²) in [6, 6.07) is 19.5. The van der Waals surface area contributed by atoms with Crippen molar-refractivity contribution < 1.29 is 9.47 Å². The fourth-order valence-electron chi connectivity index (χ4n) is 1.23. The first kappa shape index (κ1) is 10.3. The first-order valence-corrected chi connectivity index (χ1v) is 5.04. The van der Waals surface area contributed by atoms with Crippen molar-refractivity contribution in [1.82, 2.24) is 0 Å². The Balaban J connectivity index is 0.000000138. The quantitative estimate of drug-likeness (QED) is 0.664. The van der Waals surface area contributed by atoms with Crippen LogP contribution in [0.4, 0.5) is 0 Å². The third kappa shape index (κ3) is 2.89. The van der Waals surface area contributed by atoms with Crippen LogP contribution in [0, 0.1) is 0 Å². The van der Waals surface area contributed by atoms with Gasteiger partial charge in [0.05, 0.1) is 0 Å². The second-order valence-electron chi connectivity index (χ2n) is 3.11. The third-order valence-electron chi connectivity index (χ3n) is 1.96. The van der Waals surface area contributed by atoms with Crippen LogP contribution >= 0.6 is 0 Å². The molecule has 0 saturated heterocycles. The molecule has 0 fully saturated rings. The van der Waals surface area contributed by atoms with Crippen molar-refractivity contribution in [2.24, 2.45) is 0 Å². The second kappa shape index (κ2) is 5.61. The lowest BCUT2D eigenvalue weighted by atomic mass is 10.3. The normalized spacial score (nSPS) is 11.2. The minimum Gasteiger partial charge on any atom is -0.458 e. The first-order chi connectivity index (χ1) is 7.97. The summed E-state index contributed by atoms with van der Waals surface area (Å²) < 4.78 is 10.2. The molecule has 0 saturated carbocycles. The highest BCUT2D eigenvalue weighted by molar-refractivity contribution is 5.41. The average molecular weight is 212 g/mol. The lowest BCUT2D eigenvalue weighted by Gasteiger charge is -2.10. The zero-order valence-electron chi connectivity index (χ0n) is 8.74. The number of rotatable bonds is 0. The molecule has 0 unspecified atom stereocenters. The summed E-state index contributed by atoms with van der Waals surface area (Å²) in [5.41, 5.74) is 0. The van der Waals surface area contributed by atoms with E-state index in [1.54, 1.807) is 0 Å². The number of para-hydroxylation sites is 2. The molecule has 0 atom stereocenters. The van der Waals surface area contributed by atoms with Gasteiger partial charge in [0.2, 0.25) is 0 Å². The van der Waals surface area contributed by atoms with Gasteiger partial charge in [-0.2, -0.15) is 0 Å². The van der Waals surface area contributed by atoms with E-state index in [0.717, 1.165) is 11.5 Å². The van der Waals surface area contributed by atoms with Gasteiger partial charge in [0.25, 0.3) is 0 Å². The van der Waals surface area contributed by atoms with Crippen LogP contribution in [0.15, 0.2) is 73.2 Å². The number of ether oxygens (including phenoxy) is 2. The highest BCUT2D eigenvalue weighted by Gasteiger charge is 2.04. The molecule has 2 heteroatoms. The van der Waals surface area contributed by atoms with Crippen LogP contribution in [0.5, 0.6) is 11.5 Å². The molecule has 0 amide bonds. The molecule has 0 bridgehead atoms. The number of benzene rings is 2. The maximum absolute atomic E-state index is 5.12. The number of hydrogen-bond acceptors (Lipinski definition) is 2. The van der Waals surface area contributed by atoms with Crippen molar-refractivity contribution >= 4 is 0 Å². The summed E-state index contributed by atoms with van der Waals surface area (Å²) in [6.45, 7) is 0. The molecule has 0 N–H and O–H groups in total. The molecule has 0 aromatic heterocycles. The van der Waals surface area contributed by atoms with Crippen LogP contribution in [0.3, 0.4) is 0 Å². The molecule has 1 heterocycles. The summed E-state index contributed by atoms with van der Waals surface area (Å²) in [7, 11) is 0. The van der Waals surface area contributed by atoms with E-state index in [0.29, 0.717) is 0 Å². The summed E-state index contributed by atoms with van der Waals surface area (Å²) in [6.07, 6.45) is 3.03. The maximum Gasteiger partial charge on any atom is 0.169 e. The Morgan fingerprint density at radius 1 is 0.500 bits per heavy atom. The van der Waals surface area contributed by atoms with Crippen LogP contribution in [0.1, 0.15) is 0 Å². The topological polar surface area (TPSA) is 18.5 Å². The Labute approximate surface area is 94.8 Å². The minimum atomic E-state index is 0.769. The monoisotopic (exact) mass is 212 g/mol. The van der Waals surface area contributed by atoms with Crippen molar-refractivity contribution in [2.75, 3.05) is 0 Å². The van der Waals surface area contributed by atoms with Gasteiger partial charge in [-0.15, -0.1) is 0 Å². The van der Waals surface area contributed by atoms with Gasteiger partial charge < -0.3 is 9.47 Å². The maximum atomic E-state index is 5.12. The Bertz CT molecular complexity index is 396. The molecule has 2 aromatic carbocycles. The van der Waals surface area contributed by atoms with Crippen molar-refractivity contribution in [3.63, 3.8) is 0 Å². The van der Waals surface area contributed by atoms with E-state index in [1.165, 1.54) is 12.5 Å². The van der Waals surface area contributed by atoms with E-state index < -0.39 is 0 Å². The average Bonchev–Trinajstić information content (AvgIpc) is 2.42. The van der Waals surface area contributed by atoms with Crippen molar-refractivity contribution in [2.45, 2.75) is 0 Å². The van der Waals surface area contributed by atoms with E-state index in [4.69, 9.17) is 9.47 Å². The van der Waals surface area contributed by atoms with Crippen LogP contribution in [-0.4, -0.2) is 0 Å². The van der Waals surface area contributed by atoms with Crippen LogP contribution < -0.4 is 9.47 Å². The number of fused-ring (bicyclic) bond motifs is 1. The molecule has 1 aliphatic rings. The highest BCUT2D eigenvalue weighted by atomic mass is 16.5. The number of hydrogen-bond donors (Lipinski definition) is 0. The minimum absolute atomic E-state index is 0.769. The molecule has 0 aliphatic carbocycles. The van der Waals surface area contributed by atoms with Gasteiger partial charge in [0.15, 0.2) is 11.5 Å². The van der Waals surface area contributed by atoms with Gasteiger partial charge in [-0.1, -0.05) is 48.5 Å². The van der Waals surface area contributed by atoms with Gasteiger partial charge in [0, 0.05) is 0 Å². The lowest BCUT2D eigenvalue weighted by Crippen LogP contribution is -1.94. The second-order valence-corrected chi connectivity index (χ2v) is 3.11. The molecule has 80 valence electrons. The van der Waals surface area contributed by atoms with E-state index >= 15 is 0 Å². The molecular formula is C14H12O2. The van der Waals surface area contributed by atoms with Gasteiger partial charge in [-0.25, -0.2) is 0 Å². The zero-order chi connectivity index (χ0) is 11.1. The van der Waals surface area contributed by atoms with Crippen molar-refractivity contribution in [3.8, 4) is 11.5 Å². The molecule has 1 aliphatic heterocycles. The lowest BCUT2D eigenvalue weighted by molar-refractivity contribution is 0.362. The van der Waals surface area contributed by atoms with E-state index in [2.05, 4.69) is 0 Å². The first-order valence-electron chi connectivity index (χ1n) is 5.04. The summed E-state index contributed by atoms with van der Waals surface area (Å²) in [4.78, 5) is 0. The van der Waals surface area contributed by atoms with Gasteiger partial charge in [-0.3, -0.25) is 0 Å². The van der Waals surface area contributed by atoms with Crippen LogP contribution in [0.25, 0.3) is 0 Å². The smallest absolute Gasteiger partial charge is 0.169 e. The standard InChI is InChI=1S/C8H6O2.C6H6/c1-2-4-8-7(3-1)9-5-6-10-8;1-2-4-6-5-3-1/h1-6H;1-6H. The Kier molecular flexibility index (Phi) is 3.61. The molecule has 2 aromatic rings. The third-order valence-corrected chi connectivity index (χ3v) is 1.96. The Morgan fingerprint density at radius 3 is 1.25 bits per heavy atom. The predicted molar refractivity (Wildman–Crippen MR) is 63.3 cm³/mol. The summed E-state index contributed by atoms with van der Waals surface area (Å²) in [5.74, 6) is 1.54. The summed E-state index contributed by atoms with van der Waals surface area (Å²) >= 11 is 0. The largest absolute Gasteiger partial charge is 0.458 e. The van der Waals surface area contributed by atoms with Gasteiger partial charge >= 0.3 is 0 Å². The predicted octanol–water partition coefficient (Wildman–Crippen LogP) is 3.62. The molecule has 3 rings (SSSR count). The highest BCUT2D eigenvalue weighted by Crippen LogP contribution is 2.28. The van der Waals surface area contributed by atoms with Crippen molar-refractivity contribution in [1.29, 1.82) is 0 Å². The van der Waals surface area contributed by atoms with Gasteiger partial charge in [-0.05, 0) is 12.1 Å². The SMILES string of the molecule is C1=COc2ccccc2O1.c1ccccc1. The van der Waals surface area contributed by atoms with E-state index in [9.17, 15) is 0 Å². The fraction of sp³-hybridized carbons (Fsp3) is 0. The molecular weight excluding hydrogens is 200 g/mol. The van der Waals surface area contributed by atoms with Crippen LogP contribution in [0.2, 0.25) is 0 Å². The molecule has 16 heavy (non-hydrogen) atoms. The fourth-order valence-corrected chi connectivity index (χ4v) is 1.23. The Morgan fingerprint density at radius 2 is 0.875 bits per heavy atom. The molecule has 0 radical (unpaired) electrons. The van der Waals surface area contributed by atoms with Crippen molar-refractivity contribution in [3.05, 3.63) is 73.2 Å².